The Morgan fingerprint density at radius 2 is 2.03 bits per heavy atom. The first-order valence-corrected chi connectivity index (χ1v) is 14.3. The zero-order chi connectivity index (χ0) is 23.7. The Labute approximate surface area is 210 Å². The number of hydrogen-bond donors (Lipinski definition) is 0. The van der Waals surface area contributed by atoms with Crippen molar-refractivity contribution >= 4 is 65.6 Å². The van der Waals surface area contributed by atoms with E-state index in [1.54, 1.807) is 21.8 Å². The van der Waals surface area contributed by atoms with E-state index in [0.29, 0.717) is 41.9 Å². The van der Waals surface area contributed by atoms with Crippen molar-refractivity contribution in [3.63, 3.8) is 0 Å². The maximum absolute atomic E-state index is 13.8. The van der Waals surface area contributed by atoms with E-state index in [1.807, 2.05) is 36.5 Å². The summed E-state index contributed by atoms with van der Waals surface area (Å²) in [4.78, 5) is 20.2. The minimum atomic E-state index is -3.70. The Kier molecular flexibility index (Phi) is 6.72. The highest BCUT2D eigenvalue weighted by Gasteiger charge is 2.36. The van der Waals surface area contributed by atoms with Crippen LogP contribution in [-0.2, 0) is 21.4 Å². The first-order chi connectivity index (χ1) is 16.4. The smallest absolute Gasteiger partial charge is 0.252 e. The van der Waals surface area contributed by atoms with Gasteiger partial charge in [-0.25, -0.2) is 13.4 Å². The summed E-state index contributed by atoms with van der Waals surface area (Å²) in [5.74, 6) is -0.570. The number of nitrogens with zero attached hydrogens (tertiary/aromatic N) is 5. The third-order valence-corrected chi connectivity index (χ3v) is 10.4. The van der Waals surface area contributed by atoms with E-state index in [4.69, 9.17) is 16.6 Å². The van der Waals surface area contributed by atoms with Crippen LogP contribution in [0.15, 0.2) is 59.1 Å². The van der Waals surface area contributed by atoms with Gasteiger partial charge in [-0.2, -0.15) is 9.40 Å². The number of thiophene rings is 1. The minimum Gasteiger partial charge on any atom is -0.286 e. The fourth-order valence-electron chi connectivity index (χ4n) is 4.06. The molecule has 1 fully saturated rings. The van der Waals surface area contributed by atoms with Crippen molar-refractivity contribution in [3.05, 3.63) is 59.2 Å². The molecule has 1 atom stereocenters. The van der Waals surface area contributed by atoms with Gasteiger partial charge in [-0.15, -0.1) is 11.3 Å². The van der Waals surface area contributed by atoms with E-state index in [0.717, 1.165) is 21.6 Å². The van der Waals surface area contributed by atoms with Crippen LogP contribution in [0.25, 0.3) is 10.2 Å². The largest absolute Gasteiger partial charge is 0.286 e. The van der Waals surface area contributed by atoms with Gasteiger partial charge in [-0.3, -0.25) is 14.4 Å². The number of para-hydroxylation sites is 1. The first kappa shape index (κ1) is 23.4. The topological polar surface area (TPSA) is 88.4 Å². The highest BCUT2D eigenvalue weighted by molar-refractivity contribution is 7.91. The maximum Gasteiger partial charge on any atom is 0.252 e. The molecule has 0 radical (unpaired) electrons. The zero-order valence-corrected chi connectivity index (χ0v) is 21.3. The van der Waals surface area contributed by atoms with Crippen molar-refractivity contribution in [2.75, 3.05) is 24.5 Å². The Balaban J connectivity index is 1.40. The lowest BCUT2D eigenvalue weighted by Gasteiger charge is -2.33. The van der Waals surface area contributed by atoms with Crippen LogP contribution in [0, 0.1) is 5.92 Å². The van der Waals surface area contributed by atoms with E-state index in [2.05, 4.69) is 5.10 Å². The predicted octanol–water partition coefficient (Wildman–Crippen LogP) is 4.34. The first-order valence-electron chi connectivity index (χ1n) is 10.8. The molecule has 1 amide bonds. The average Bonchev–Trinajstić information content (AvgIpc) is 3.60. The molecule has 1 saturated heterocycles. The molecule has 0 saturated carbocycles. The predicted molar refractivity (Wildman–Crippen MR) is 135 cm³/mol. The van der Waals surface area contributed by atoms with E-state index in [1.165, 1.54) is 21.7 Å². The van der Waals surface area contributed by atoms with Gasteiger partial charge in [0.25, 0.3) is 10.0 Å². The Bertz CT molecular complexity index is 1370. The van der Waals surface area contributed by atoms with Crippen molar-refractivity contribution < 1.29 is 13.2 Å². The third-order valence-electron chi connectivity index (χ3n) is 5.77. The number of benzene rings is 1. The van der Waals surface area contributed by atoms with Gasteiger partial charge in [0.15, 0.2) is 5.13 Å². The lowest BCUT2D eigenvalue weighted by molar-refractivity contribution is -0.123. The normalized spacial score (nSPS) is 17.3. The summed E-state index contributed by atoms with van der Waals surface area (Å²) in [6, 6.07) is 12.7. The number of piperidine rings is 1. The fraction of sp³-hybridized carbons (Fsp3) is 0.318. The molecule has 0 aliphatic carbocycles. The Morgan fingerprint density at radius 1 is 1.18 bits per heavy atom. The molecular weight excluding hydrogens is 514 g/mol. The summed E-state index contributed by atoms with van der Waals surface area (Å²) in [7, 11) is -3.70. The van der Waals surface area contributed by atoms with Gasteiger partial charge in [0.05, 0.1) is 27.0 Å². The number of carbonyl (C=O) groups excluding carboxylic acids is 1. The van der Waals surface area contributed by atoms with Gasteiger partial charge in [0.2, 0.25) is 5.91 Å². The van der Waals surface area contributed by atoms with Crippen LogP contribution in [0.3, 0.4) is 0 Å². The number of halogens is 1. The fourth-order valence-corrected chi connectivity index (χ4v) is 8.21. The molecule has 0 N–H and O–H groups in total. The molecule has 1 aliphatic heterocycles. The van der Waals surface area contributed by atoms with Crippen molar-refractivity contribution in [2.45, 2.75) is 23.6 Å². The van der Waals surface area contributed by atoms with Crippen LogP contribution in [-0.4, -0.2) is 53.0 Å². The van der Waals surface area contributed by atoms with Gasteiger partial charge in [-0.1, -0.05) is 35.1 Å². The average molecular weight is 536 g/mol. The van der Waals surface area contributed by atoms with Gasteiger partial charge in [0, 0.05) is 32.0 Å². The van der Waals surface area contributed by atoms with E-state index < -0.39 is 15.9 Å². The Morgan fingerprint density at radius 3 is 2.76 bits per heavy atom. The number of thiazole rings is 1. The molecule has 34 heavy (non-hydrogen) atoms. The molecular formula is C22H22ClN5O3S3. The summed E-state index contributed by atoms with van der Waals surface area (Å²) in [6.07, 6.45) is 4.79. The van der Waals surface area contributed by atoms with Crippen LogP contribution in [0.4, 0.5) is 5.13 Å². The molecule has 1 aliphatic rings. The quantitative estimate of drug-likeness (QED) is 0.351. The summed E-state index contributed by atoms with van der Waals surface area (Å²) in [5, 5.41) is 4.86. The number of amides is 1. The molecule has 3 aromatic heterocycles. The number of rotatable bonds is 7. The molecule has 178 valence electrons. The summed E-state index contributed by atoms with van der Waals surface area (Å²) >= 11 is 8.46. The lowest BCUT2D eigenvalue weighted by atomic mass is 9.98. The molecule has 5 rings (SSSR count). The number of aromatic nitrogens is 3. The second-order valence-electron chi connectivity index (χ2n) is 7.98. The van der Waals surface area contributed by atoms with Crippen molar-refractivity contribution in [1.29, 1.82) is 0 Å². The summed E-state index contributed by atoms with van der Waals surface area (Å²) < 4.78 is 31.1. The molecule has 4 heterocycles. The van der Waals surface area contributed by atoms with Crippen LogP contribution in [0.1, 0.15) is 12.8 Å². The van der Waals surface area contributed by atoms with E-state index in [-0.39, 0.29) is 16.7 Å². The SMILES string of the molecule is O=C(C1CCCN(S(=O)(=O)c2ccc(Cl)s2)C1)N(CCn1cccn1)c1nc2ccccc2s1. The van der Waals surface area contributed by atoms with Gasteiger partial charge in [0.1, 0.15) is 4.21 Å². The van der Waals surface area contributed by atoms with E-state index >= 15 is 0 Å². The highest BCUT2D eigenvalue weighted by Crippen LogP contribution is 2.33. The third kappa shape index (κ3) is 4.76. The van der Waals surface area contributed by atoms with Crippen molar-refractivity contribution in [3.8, 4) is 0 Å². The Hall–Kier alpha value is -2.31. The van der Waals surface area contributed by atoms with Crippen LogP contribution >= 0.6 is 34.3 Å². The summed E-state index contributed by atoms with van der Waals surface area (Å²) in [5.41, 5.74) is 0.835. The standard InChI is InChI=1S/C22H22ClN5O3S3/c23-19-8-9-20(33-19)34(30,31)27-12-3-5-16(15-27)21(29)28(14-13-26-11-4-10-24-26)22-25-17-6-1-2-7-18(17)32-22/h1-2,4,6-11,16H,3,5,12-15H2. The second-order valence-corrected chi connectivity index (χ2v) is 12.9. The second kappa shape index (κ2) is 9.74. The zero-order valence-electron chi connectivity index (χ0n) is 18.1. The number of anilines is 1. The van der Waals surface area contributed by atoms with Gasteiger partial charge >= 0.3 is 0 Å². The monoisotopic (exact) mass is 535 g/mol. The molecule has 4 aromatic rings. The van der Waals surface area contributed by atoms with Gasteiger partial charge < -0.3 is 0 Å². The van der Waals surface area contributed by atoms with Crippen molar-refractivity contribution in [2.24, 2.45) is 5.92 Å². The van der Waals surface area contributed by atoms with Crippen molar-refractivity contribution in [1.82, 2.24) is 19.1 Å². The van der Waals surface area contributed by atoms with Gasteiger partial charge in [-0.05, 0) is 43.2 Å². The highest BCUT2D eigenvalue weighted by atomic mass is 35.5. The molecule has 12 heteroatoms. The number of sulfonamides is 1. The van der Waals surface area contributed by atoms with Crippen LogP contribution in [0.2, 0.25) is 4.34 Å². The van der Waals surface area contributed by atoms with Crippen LogP contribution < -0.4 is 4.90 Å². The molecule has 8 nitrogen and oxygen atoms in total. The summed E-state index contributed by atoms with van der Waals surface area (Å²) in [6.45, 7) is 1.43. The number of hydrogen-bond acceptors (Lipinski definition) is 7. The molecule has 0 bridgehead atoms. The molecule has 0 spiro atoms. The number of carbonyl (C=O) groups is 1. The lowest BCUT2D eigenvalue weighted by Crippen LogP contribution is -2.47. The molecule has 1 aromatic carbocycles. The maximum atomic E-state index is 13.8. The van der Waals surface area contributed by atoms with Crippen LogP contribution in [0.5, 0.6) is 0 Å². The number of fused-ring (bicyclic) bond motifs is 1. The van der Waals surface area contributed by atoms with E-state index in [9.17, 15) is 13.2 Å². The molecule has 1 unspecified atom stereocenters. The minimum absolute atomic E-state index is 0.115.